The summed E-state index contributed by atoms with van der Waals surface area (Å²) in [6, 6.07) is 15.0. The van der Waals surface area contributed by atoms with Crippen LogP contribution in [0.2, 0.25) is 0 Å². The summed E-state index contributed by atoms with van der Waals surface area (Å²) in [5.41, 5.74) is 4.41. The maximum atomic E-state index is 10.8. The Labute approximate surface area is 141 Å². The molecule has 0 aromatic heterocycles. The van der Waals surface area contributed by atoms with Crippen molar-refractivity contribution in [3.05, 3.63) is 82.9 Å². The summed E-state index contributed by atoms with van der Waals surface area (Å²) in [7, 11) is 0. The fraction of sp³-hybridized carbons (Fsp3) is 0.100. The van der Waals surface area contributed by atoms with Crippen molar-refractivity contribution in [1.29, 1.82) is 0 Å². The van der Waals surface area contributed by atoms with Crippen LogP contribution in [0.4, 0.5) is 0 Å². The Morgan fingerprint density at radius 2 is 1.78 bits per heavy atom. The lowest BCUT2D eigenvalue weighted by molar-refractivity contribution is 0.0697. The first kappa shape index (κ1) is 16.8. The smallest absolute Gasteiger partial charge is 0.335 e. The molecule has 2 aromatic rings. The summed E-state index contributed by atoms with van der Waals surface area (Å²) >= 11 is 5.31. The van der Waals surface area contributed by atoms with Crippen LogP contribution in [0.3, 0.4) is 0 Å². The number of rotatable bonds is 6. The quantitative estimate of drug-likeness (QED) is 0.460. The van der Waals surface area contributed by atoms with Crippen molar-refractivity contribution in [1.82, 2.24) is 0 Å². The number of carboxylic acids is 1. The van der Waals surface area contributed by atoms with Crippen LogP contribution in [0.1, 0.15) is 34.0 Å². The van der Waals surface area contributed by atoms with E-state index in [0.29, 0.717) is 0 Å². The van der Waals surface area contributed by atoms with Crippen molar-refractivity contribution < 1.29 is 9.90 Å². The molecule has 0 heterocycles. The van der Waals surface area contributed by atoms with E-state index in [0.717, 1.165) is 33.5 Å². The van der Waals surface area contributed by atoms with Crippen molar-refractivity contribution in [3.8, 4) is 0 Å². The molecule has 0 spiro atoms. The van der Waals surface area contributed by atoms with Gasteiger partial charge in [0, 0.05) is 11.3 Å². The van der Waals surface area contributed by atoms with Gasteiger partial charge in [-0.25, -0.2) is 4.79 Å². The van der Waals surface area contributed by atoms with Gasteiger partial charge >= 0.3 is 5.97 Å². The minimum Gasteiger partial charge on any atom is -0.478 e. The van der Waals surface area contributed by atoms with Gasteiger partial charge in [0.1, 0.15) is 0 Å². The summed E-state index contributed by atoms with van der Waals surface area (Å²) in [5.74, 6) is -0.915. The second kappa shape index (κ2) is 7.65. The third kappa shape index (κ3) is 5.01. The van der Waals surface area contributed by atoms with E-state index >= 15 is 0 Å². The second-order valence-electron chi connectivity index (χ2n) is 5.39. The highest BCUT2D eigenvalue weighted by Crippen LogP contribution is 2.13. The Morgan fingerprint density at radius 3 is 2.39 bits per heavy atom. The summed E-state index contributed by atoms with van der Waals surface area (Å²) in [5, 5.41) is 8.89. The molecule has 0 aliphatic rings. The first-order valence-electron chi connectivity index (χ1n) is 7.25. The van der Waals surface area contributed by atoms with Crippen molar-refractivity contribution in [3.63, 3.8) is 0 Å². The Kier molecular flexibility index (Phi) is 5.61. The molecule has 1 N–H and O–H groups in total. The number of carbonyl (C=O) groups is 1. The lowest BCUT2D eigenvalue weighted by Crippen LogP contribution is -2.00. The zero-order chi connectivity index (χ0) is 16.8. The van der Waals surface area contributed by atoms with E-state index in [-0.39, 0.29) is 5.56 Å². The summed E-state index contributed by atoms with van der Waals surface area (Å²) < 4.78 is 0. The van der Waals surface area contributed by atoms with E-state index in [1.807, 2.05) is 37.3 Å². The van der Waals surface area contributed by atoms with Crippen LogP contribution in [0.25, 0.3) is 12.2 Å². The van der Waals surface area contributed by atoms with Gasteiger partial charge in [0.05, 0.1) is 5.56 Å². The highest BCUT2D eigenvalue weighted by atomic mass is 32.1. The average Bonchev–Trinajstić information content (AvgIpc) is 2.53. The van der Waals surface area contributed by atoms with Gasteiger partial charge in [0.25, 0.3) is 0 Å². The number of thiocarbonyl (C=S) groups is 1. The molecule has 0 saturated carbocycles. The minimum absolute atomic E-state index is 0.289. The molecule has 0 fully saturated rings. The van der Waals surface area contributed by atoms with Crippen LogP contribution in [0, 0.1) is 0 Å². The molecular weight excluding hydrogens is 304 g/mol. The van der Waals surface area contributed by atoms with Gasteiger partial charge in [-0.3, -0.25) is 0 Å². The molecule has 0 atom stereocenters. The van der Waals surface area contributed by atoms with E-state index in [9.17, 15) is 4.79 Å². The fourth-order valence-electron chi connectivity index (χ4n) is 2.07. The molecule has 0 aliphatic heterocycles. The van der Waals surface area contributed by atoms with Gasteiger partial charge in [-0.1, -0.05) is 67.3 Å². The normalized spacial score (nSPS) is 10.7. The van der Waals surface area contributed by atoms with Crippen LogP contribution in [-0.4, -0.2) is 15.9 Å². The number of hydrogen-bond acceptors (Lipinski definition) is 2. The molecule has 3 heteroatoms. The van der Waals surface area contributed by atoms with Gasteiger partial charge in [0.15, 0.2) is 0 Å². The van der Waals surface area contributed by atoms with E-state index < -0.39 is 5.97 Å². The van der Waals surface area contributed by atoms with Gasteiger partial charge in [-0.05, 0) is 41.3 Å². The van der Waals surface area contributed by atoms with Crippen LogP contribution in [0.5, 0.6) is 0 Å². The molecule has 0 bridgehead atoms. The van der Waals surface area contributed by atoms with Crippen LogP contribution in [-0.2, 0) is 6.42 Å². The van der Waals surface area contributed by atoms with Gasteiger partial charge < -0.3 is 5.11 Å². The first-order chi connectivity index (χ1) is 11.0. The summed E-state index contributed by atoms with van der Waals surface area (Å²) in [6.45, 7) is 5.80. The van der Waals surface area contributed by atoms with Crippen LogP contribution < -0.4 is 0 Å². The molecule has 0 amide bonds. The number of allylic oxidation sites excluding steroid dienone is 1. The summed E-state index contributed by atoms with van der Waals surface area (Å²) in [4.78, 5) is 11.7. The first-order valence-corrected chi connectivity index (χ1v) is 7.65. The highest BCUT2D eigenvalue weighted by Gasteiger charge is 2.01. The van der Waals surface area contributed by atoms with E-state index in [2.05, 4.69) is 12.6 Å². The Balaban J connectivity index is 2.11. The maximum Gasteiger partial charge on any atom is 0.335 e. The summed E-state index contributed by atoms with van der Waals surface area (Å²) in [6.07, 6.45) is 4.69. The standard InChI is InChI=1S/C20H18O2S/c1-14(2)19(23)13-17-5-3-4-16(12-17)7-6-15-8-10-18(11-9-15)20(21)22/h3-12H,1,13H2,2H3,(H,21,22). The SMILES string of the molecule is C=C(C)C(=S)Cc1cccc(C=Cc2ccc(C(=O)O)cc2)c1. The van der Waals surface area contributed by atoms with Crippen LogP contribution in [0.15, 0.2) is 60.7 Å². The van der Waals surface area contributed by atoms with Crippen molar-refractivity contribution >= 4 is 35.2 Å². The molecule has 2 aromatic carbocycles. The predicted octanol–water partition coefficient (Wildman–Crippen LogP) is 5.04. The molecule has 2 nitrogen and oxygen atoms in total. The lowest BCUT2D eigenvalue weighted by Gasteiger charge is -2.04. The monoisotopic (exact) mass is 322 g/mol. The average molecular weight is 322 g/mol. The fourth-order valence-corrected chi connectivity index (χ4v) is 2.24. The second-order valence-corrected chi connectivity index (χ2v) is 5.88. The number of carboxylic acid groups (broad SMARTS) is 1. The highest BCUT2D eigenvalue weighted by molar-refractivity contribution is 7.80. The van der Waals surface area contributed by atoms with E-state index in [1.54, 1.807) is 24.3 Å². The number of aromatic carboxylic acids is 1. The molecular formula is C20H18O2S. The largest absolute Gasteiger partial charge is 0.478 e. The molecule has 0 unspecified atom stereocenters. The third-order valence-electron chi connectivity index (χ3n) is 3.42. The topological polar surface area (TPSA) is 37.3 Å². The molecule has 0 radical (unpaired) electrons. The molecule has 2 rings (SSSR count). The molecule has 116 valence electrons. The Bertz CT molecular complexity index is 770. The van der Waals surface area contributed by atoms with Crippen molar-refractivity contribution in [2.45, 2.75) is 13.3 Å². The predicted molar refractivity (Wildman–Crippen MR) is 99.9 cm³/mol. The maximum absolute atomic E-state index is 10.8. The molecule has 0 saturated heterocycles. The van der Waals surface area contributed by atoms with Crippen molar-refractivity contribution in [2.75, 3.05) is 0 Å². The van der Waals surface area contributed by atoms with Gasteiger partial charge in [-0.2, -0.15) is 0 Å². The minimum atomic E-state index is -0.915. The van der Waals surface area contributed by atoms with Crippen LogP contribution >= 0.6 is 12.2 Å². The molecule has 23 heavy (non-hydrogen) atoms. The Hall–Kier alpha value is -2.52. The van der Waals surface area contributed by atoms with Gasteiger partial charge in [0.2, 0.25) is 0 Å². The zero-order valence-corrected chi connectivity index (χ0v) is 13.8. The van der Waals surface area contributed by atoms with Crippen molar-refractivity contribution in [2.24, 2.45) is 0 Å². The number of benzene rings is 2. The molecule has 0 aliphatic carbocycles. The lowest BCUT2D eigenvalue weighted by atomic mass is 10.0. The number of hydrogen-bond donors (Lipinski definition) is 1. The van der Waals surface area contributed by atoms with E-state index in [1.165, 1.54) is 0 Å². The van der Waals surface area contributed by atoms with Gasteiger partial charge in [-0.15, -0.1) is 0 Å². The van der Waals surface area contributed by atoms with E-state index in [4.69, 9.17) is 17.3 Å². The Morgan fingerprint density at radius 1 is 1.13 bits per heavy atom. The zero-order valence-electron chi connectivity index (χ0n) is 13.0. The third-order valence-corrected chi connectivity index (χ3v) is 3.91.